The highest BCUT2D eigenvalue weighted by atomic mass is 16.5. The molecule has 10 heavy (non-hydrogen) atoms. The molecule has 1 fully saturated rings. The quantitative estimate of drug-likeness (QED) is 0.547. The van der Waals surface area contributed by atoms with Crippen LogP contribution >= 0.6 is 0 Å². The van der Waals surface area contributed by atoms with Crippen molar-refractivity contribution in [2.45, 2.75) is 38.2 Å². The van der Waals surface area contributed by atoms with Crippen LogP contribution in [0.15, 0.2) is 0 Å². The molecule has 1 saturated carbocycles. The van der Waals surface area contributed by atoms with Gasteiger partial charge in [0.1, 0.15) is 6.10 Å². The Labute approximate surface area is 61.6 Å². The summed E-state index contributed by atoms with van der Waals surface area (Å²) in [6.45, 7) is 3.45. The van der Waals surface area contributed by atoms with Crippen LogP contribution in [0.5, 0.6) is 0 Å². The highest BCUT2D eigenvalue weighted by molar-refractivity contribution is 5.70. The molecule has 57 valence electrons. The van der Waals surface area contributed by atoms with E-state index in [0.717, 1.165) is 12.8 Å². The molecule has 1 aliphatic carbocycles. The van der Waals surface area contributed by atoms with Gasteiger partial charge in [0.2, 0.25) is 0 Å². The Kier molecular flexibility index (Phi) is 2.72. The Morgan fingerprint density at radius 3 is 2.60 bits per heavy atom. The third-order valence-corrected chi connectivity index (χ3v) is 1.80. The Bertz CT molecular complexity index is 114. The summed E-state index contributed by atoms with van der Waals surface area (Å²) in [7, 11) is 0. The van der Waals surface area contributed by atoms with Crippen LogP contribution in [0.3, 0.4) is 0 Å². The molecule has 2 nitrogen and oxygen atoms in total. The molecule has 0 saturated heterocycles. The third kappa shape index (κ3) is 2.01. The van der Waals surface area contributed by atoms with Gasteiger partial charge in [-0.15, -0.1) is 0 Å². The molecule has 0 spiro atoms. The Hall–Kier alpha value is -0.530. The molecule has 0 atom stereocenters. The first-order valence-electron chi connectivity index (χ1n) is 3.81. The van der Waals surface area contributed by atoms with Crippen LogP contribution in [0, 0.1) is 6.92 Å². The lowest BCUT2D eigenvalue weighted by molar-refractivity contribution is -0.147. The van der Waals surface area contributed by atoms with E-state index in [1.54, 1.807) is 0 Å². The molecule has 0 aliphatic heterocycles. The molecule has 0 unspecified atom stereocenters. The zero-order valence-electron chi connectivity index (χ0n) is 6.14. The molecule has 1 radical (unpaired) electrons. The van der Waals surface area contributed by atoms with Crippen LogP contribution < -0.4 is 0 Å². The van der Waals surface area contributed by atoms with Gasteiger partial charge < -0.3 is 4.74 Å². The van der Waals surface area contributed by atoms with Gasteiger partial charge in [0, 0.05) is 6.42 Å². The predicted octanol–water partition coefficient (Wildman–Crippen LogP) is 1.70. The Morgan fingerprint density at radius 1 is 1.50 bits per heavy atom. The summed E-state index contributed by atoms with van der Waals surface area (Å²) >= 11 is 0. The molecule has 0 aromatic carbocycles. The van der Waals surface area contributed by atoms with Gasteiger partial charge in [-0.2, -0.15) is 0 Å². The fourth-order valence-corrected chi connectivity index (χ4v) is 1.25. The molecule has 0 N–H and O–H groups in total. The SMILES string of the molecule is [CH2]CC(=O)OC1CCCC1. The second-order valence-corrected chi connectivity index (χ2v) is 2.65. The average Bonchev–Trinajstić information content (AvgIpc) is 2.40. The number of ether oxygens (including phenoxy) is 1. The van der Waals surface area contributed by atoms with Crippen molar-refractivity contribution in [3.05, 3.63) is 6.92 Å². The van der Waals surface area contributed by atoms with Crippen molar-refractivity contribution in [1.82, 2.24) is 0 Å². The summed E-state index contributed by atoms with van der Waals surface area (Å²) in [6, 6.07) is 0. The topological polar surface area (TPSA) is 26.3 Å². The zero-order valence-corrected chi connectivity index (χ0v) is 6.14. The van der Waals surface area contributed by atoms with Gasteiger partial charge in [0.15, 0.2) is 0 Å². The van der Waals surface area contributed by atoms with Gasteiger partial charge in [0.05, 0.1) is 0 Å². The van der Waals surface area contributed by atoms with Crippen molar-refractivity contribution < 1.29 is 9.53 Å². The van der Waals surface area contributed by atoms with E-state index in [2.05, 4.69) is 6.92 Å². The maximum atomic E-state index is 10.7. The first-order chi connectivity index (χ1) is 4.83. The van der Waals surface area contributed by atoms with Crippen LogP contribution in [0.4, 0.5) is 0 Å². The molecular formula is C8H13O2. The monoisotopic (exact) mass is 141 g/mol. The number of carbonyl (C=O) groups is 1. The van der Waals surface area contributed by atoms with Gasteiger partial charge in [-0.1, -0.05) is 0 Å². The second-order valence-electron chi connectivity index (χ2n) is 2.65. The van der Waals surface area contributed by atoms with Crippen LogP contribution in [0.1, 0.15) is 32.1 Å². The lowest BCUT2D eigenvalue weighted by Gasteiger charge is -2.09. The van der Waals surface area contributed by atoms with Crippen molar-refractivity contribution in [2.75, 3.05) is 0 Å². The van der Waals surface area contributed by atoms with Crippen molar-refractivity contribution in [3.63, 3.8) is 0 Å². The number of esters is 1. The molecule has 0 aromatic rings. The smallest absolute Gasteiger partial charge is 0.306 e. The lowest BCUT2D eigenvalue weighted by atomic mass is 10.3. The number of rotatable bonds is 2. The summed E-state index contributed by atoms with van der Waals surface area (Å²) in [5, 5.41) is 0. The fourth-order valence-electron chi connectivity index (χ4n) is 1.25. The minimum Gasteiger partial charge on any atom is -0.462 e. The van der Waals surface area contributed by atoms with Gasteiger partial charge in [-0.3, -0.25) is 4.79 Å². The standard InChI is InChI=1S/C8H13O2/c1-2-8(9)10-7-5-3-4-6-7/h7H,1-6H2. The maximum Gasteiger partial charge on any atom is 0.306 e. The molecule has 0 heterocycles. The maximum absolute atomic E-state index is 10.7. The van der Waals surface area contributed by atoms with Gasteiger partial charge in [-0.25, -0.2) is 0 Å². The largest absolute Gasteiger partial charge is 0.462 e. The summed E-state index contributed by atoms with van der Waals surface area (Å²) < 4.78 is 5.06. The van der Waals surface area contributed by atoms with Crippen LogP contribution in [0.25, 0.3) is 0 Å². The molecule has 0 bridgehead atoms. The van der Waals surface area contributed by atoms with E-state index in [1.807, 2.05) is 0 Å². The van der Waals surface area contributed by atoms with E-state index in [-0.39, 0.29) is 18.5 Å². The number of hydrogen-bond acceptors (Lipinski definition) is 2. The van der Waals surface area contributed by atoms with Crippen LogP contribution in [0.2, 0.25) is 0 Å². The highest BCUT2D eigenvalue weighted by Gasteiger charge is 2.17. The third-order valence-electron chi connectivity index (χ3n) is 1.80. The Morgan fingerprint density at radius 2 is 2.10 bits per heavy atom. The zero-order chi connectivity index (χ0) is 7.40. The van der Waals surface area contributed by atoms with E-state index in [1.165, 1.54) is 12.8 Å². The van der Waals surface area contributed by atoms with Gasteiger partial charge in [-0.05, 0) is 32.6 Å². The summed E-state index contributed by atoms with van der Waals surface area (Å²) in [5.41, 5.74) is 0. The average molecular weight is 141 g/mol. The first kappa shape index (κ1) is 7.58. The van der Waals surface area contributed by atoms with Crippen molar-refractivity contribution in [1.29, 1.82) is 0 Å². The minimum atomic E-state index is -0.160. The van der Waals surface area contributed by atoms with Crippen molar-refractivity contribution in [3.8, 4) is 0 Å². The minimum absolute atomic E-state index is 0.160. The van der Waals surface area contributed by atoms with E-state index in [4.69, 9.17) is 4.74 Å². The van der Waals surface area contributed by atoms with E-state index in [0.29, 0.717) is 0 Å². The van der Waals surface area contributed by atoms with Crippen LogP contribution in [-0.4, -0.2) is 12.1 Å². The van der Waals surface area contributed by atoms with Crippen molar-refractivity contribution >= 4 is 5.97 Å². The highest BCUT2D eigenvalue weighted by Crippen LogP contribution is 2.20. The van der Waals surface area contributed by atoms with E-state index >= 15 is 0 Å². The summed E-state index contributed by atoms with van der Waals surface area (Å²) in [5.74, 6) is -0.160. The number of carbonyl (C=O) groups excluding carboxylic acids is 1. The Balaban J connectivity index is 2.17. The van der Waals surface area contributed by atoms with E-state index < -0.39 is 0 Å². The number of hydrogen-bond donors (Lipinski definition) is 0. The molecule has 1 aliphatic rings. The predicted molar refractivity (Wildman–Crippen MR) is 38.3 cm³/mol. The second kappa shape index (κ2) is 3.59. The normalized spacial score (nSPS) is 19.3. The fraction of sp³-hybridized carbons (Fsp3) is 0.750. The molecule has 0 amide bonds. The molecule has 2 heteroatoms. The van der Waals surface area contributed by atoms with Gasteiger partial charge >= 0.3 is 5.97 Å². The first-order valence-corrected chi connectivity index (χ1v) is 3.81. The molecular weight excluding hydrogens is 128 g/mol. The molecule has 1 rings (SSSR count). The van der Waals surface area contributed by atoms with Gasteiger partial charge in [0.25, 0.3) is 0 Å². The van der Waals surface area contributed by atoms with E-state index in [9.17, 15) is 4.79 Å². The van der Waals surface area contributed by atoms with Crippen molar-refractivity contribution in [2.24, 2.45) is 0 Å². The molecule has 0 aromatic heterocycles. The lowest BCUT2D eigenvalue weighted by Crippen LogP contribution is -2.13. The summed E-state index contributed by atoms with van der Waals surface area (Å²) in [4.78, 5) is 10.7. The summed E-state index contributed by atoms with van der Waals surface area (Å²) in [6.07, 6.45) is 4.97. The van der Waals surface area contributed by atoms with Crippen LogP contribution in [-0.2, 0) is 9.53 Å².